The summed E-state index contributed by atoms with van der Waals surface area (Å²) < 4.78 is 0. The Labute approximate surface area is 55.2 Å². The van der Waals surface area contributed by atoms with Crippen LogP contribution in [0.3, 0.4) is 0 Å². The Morgan fingerprint density at radius 3 is 2.38 bits per heavy atom. The molecule has 0 rings (SSSR count). The molecule has 0 aliphatic carbocycles. The second-order valence-corrected chi connectivity index (χ2v) is 2.04. The van der Waals surface area contributed by atoms with E-state index in [0.717, 1.165) is 0 Å². The number of rotatable bonds is 2. The van der Waals surface area contributed by atoms with Crippen molar-refractivity contribution in [2.75, 3.05) is 0 Å². The molecular weight excluding hydrogens is 120 g/mol. The van der Waals surface area contributed by atoms with Crippen LogP contribution in [-0.2, 0) is 4.79 Å². The quantitative estimate of drug-likeness (QED) is 0.520. The predicted octanol–water partition coefficient (Wildman–Crippen LogP) is 1.92. The zero-order valence-electron chi connectivity index (χ0n) is 5.05. The molecule has 0 aliphatic heterocycles. The van der Waals surface area contributed by atoms with Gasteiger partial charge in [-0.25, -0.2) is 0 Å². The van der Waals surface area contributed by atoms with Crippen molar-refractivity contribution in [3.8, 4) is 0 Å². The van der Waals surface area contributed by atoms with Gasteiger partial charge in [-0.15, -0.1) is 0 Å². The van der Waals surface area contributed by atoms with E-state index < -0.39 is 0 Å². The standard InChI is InChI=1S/C6H9OS/c1-3-4-5(2)6(7)8/h3-5H,1-2H3. The van der Waals surface area contributed by atoms with Crippen LogP contribution in [-0.4, -0.2) is 5.12 Å². The van der Waals surface area contributed by atoms with Gasteiger partial charge in [0.05, 0.1) is 0 Å². The van der Waals surface area contributed by atoms with Crippen LogP contribution in [0.4, 0.5) is 0 Å². The Morgan fingerprint density at radius 1 is 1.75 bits per heavy atom. The first-order chi connectivity index (χ1) is 3.68. The Balaban J connectivity index is 3.64. The van der Waals surface area contributed by atoms with E-state index in [1.807, 2.05) is 13.0 Å². The highest BCUT2D eigenvalue weighted by atomic mass is 32.1. The van der Waals surface area contributed by atoms with Crippen LogP contribution in [0.2, 0.25) is 0 Å². The van der Waals surface area contributed by atoms with Crippen LogP contribution >= 0.6 is 12.6 Å². The van der Waals surface area contributed by atoms with Crippen molar-refractivity contribution in [2.24, 2.45) is 5.92 Å². The minimum atomic E-state index is -0.192. The predicted molar refractivity (Wildman–Crippen MR) is 36.6 cm³/mol. The number of hydrogen-bond acceptors (Lipinski definition) is 1. The maximum absolute atomic E-state index is 10.3. The highest BCUT2D eigenvalue weighted by Gasteiger charge is 2.02. The topological polar surface area (TPSA) is 17.1 Å². The van der Waals surface area contributed by atoms with Gasteiger partial charge in [0.15, 0.2) is 0 Å². The van der Waals surface area contributed by atoms with Gasteiger partial charge < -0.3 is 0 Å². The molecule has 0 aromatic rings. The average Bonchev–Trinajstić information content (AvgIpc) is 1.67. The van der Waals surface area contributed by atoms with Gasteiger partial charge in [0.25, 0.3) is 0 Å². The summed E-state index contributed by atoms with van der Waals surface area (Å²) in [7, 11) is 0. The Kier molecular flexibility index (Phi) is 3.44. The zero-order valence-corrected chi connectivity index (χ0v) is 5.87. The molecule has 1 atom stereocenters. The van der Waals surface area contributed by atoms with E-state index in [1.165, 1.54) is 0 Å². The monoisotopic (exact) mass is 129 g/mol. The van der Waals surface area contributed by atoms with Gasteiger partial charge in [0.1, 0.15) is 0 Å². The first-order valence-electron chi connectivity index (χ1n) is 2.52. The first-order valence-corrected chi connectivity index (χ1v) is 2.93. The highest BCUT2D eigenvalue weighted by molar-refractivity contribution is 7.96. The van der Waals surface area contributed by atoms with Crippen LogP contribution < -0.4 is 0 Å². The summed E-state index contributed by atoms with van der Waals surface area (Å²) in [6.45, 7) is 3.66. The molecule has 1 unspecified atom stereocenters. The van der Waals surface area contributed by atoms with Crippen LogP contribution in [0.1, 0.15) is 13.8 Å². The molecule has 45 valence electrons. The van der Waals surface area contributed by atoms with Crippen molar-refractivity contribution >= 4 is 17.7 Å². The maximum atomic E-state index is 10.3. The molecule has 0 fully saturated rings. The summed E-state index contributed by atoms with van der Waals surface area (Å²) in [6, 6.07) is 0. The summed E-state index contributed by atoms with van der Waals surface area (Å²) in [4.78, 5) is 10.3. The van der Waals surface area contributed by atoms with E-state index in [9.17, 15) is 4.79 Å². The van der Waals surface area contributed by atoms with Crippen LogP contribution in [0.15, 0.2) is 12.2 Å². The minimum Gasteiger partial charge on any atom is -0.281 e. The highest BCUT2D eigenvalue weighted by Crippen LogP contribution is 2.00. The SMILES string of the molecule is CC=CC(C)C(=O)[S]. The van der Waals surface area contributed by atoms with Crippen LogP contribution in [0.25, 0.3) is 0 Å². The first kappa shape index (κ1) is 7.63. The summed E-state index contributed by atoms with van der Waals surface area (Å²) >= 11 is 4.38. The third-order valence-corrected chi connectivity index (χ3v) is 1.22. The van der Waals surface area contributed by atoms with Crippen molar-refractivity contribution < 1.29 is 4.79 Å². The second kappa shape index (κ2) is 3.61. The van der Waals surface area contributed by atoms with Crippen molar-refractivity contribution in [1.82, 2.24) is 0 Å². The van der Waals surface area contributed by atoms with Crippen LogP contribution in [0, 0.1) is 5.92 Å². The van der Waals surface area contributed by atoms with E-state index in [-0.39, 0.29) is 11.0 Å². The summed E-state index contributed by atoms with van der Waals surface area (Å²) in [6.07, 6.45) is 3.62. The zero-order chi connectivity index (χ0) is 6.57. The van der Waals surface area contributed by atoms with Crippen molar-refractivity contribution in [3.63, 3.8) is 0 Å². The molecule has 0 N–H and O–H groups in total. The molecular formula is C6H9OS. The van der Waals surface area contributed by atoms with Crippen LogP contribution in [0.5, 0.6) is 0 Å². The van der Waals surface area contributed by atoms with Gasteiger partial charge in [0, 0.05) is 5.92 Å². The van der Waals surface area contributed by atoms with E-state index in [2.05, 4.69) is 12.6 Å². The molecule has 0 spiro atoms. The third kappa shape index (κ3) is 2.75. The number of allylic oxidation sites excluding steroid dienone is 2. The lowest BCUT2D eigenvalue weighted by Crippen LogP contribution is -1.98. The lowest BCUT2D eigenvalue weighted by molar-refractivity contribution is -0.112. The number of hydrogen-bond donors (Lipinski definition) is 0. The summed E-state index contributed by atoms with van der Waals surface area (Å²) in [5.74, 6) is -0.0880. The Hall–Kier alpha value is -0.370. The van der Waals surface area contributed by atoms with Crippen molar-refractivity contribution in [3.05, 3.63) is 12.2 Å². The number of carbonyl (C=O) groups excluding carboxylic acids is 1. The fourth-order valence-corrected chi connectivity index (χ4v) is 0.446. The lowest BCUT2D eigenvalue weighted by Gasteiger charge is -1.93. The molecule has 1 nitrogen and oxygen atoms in total. The fourth-order valence-electron chi connectivity index (χ4n) is 0.367. The minimum absolute atomic E-state index is 0.0880. The summed E-state index contributed by atoms with van der Waals surface area (Å²) in [5.41, 5.74) is 0. The van der Waals surface area contributed by atoms with Gasteiger partial charge >= 0.3 is 0 Å². The second-order valence-electron chi connectivity index (χ2n) is 1.63. The molecule has 0 amide bonds. The summed E-state index contributed by atoms with van der Waals surface area (Å²) in [5, 5.41) is -0.192. The van der Waals surface area contributed by atoms with Gasteiger partial charge in [-0.05, 0) is 19.6 Å². The van der Waals surface area contributed by atoms with Crippen molar-refractivity contribution in [1.29, 1.82) is 0 Å². The lowest BCUT2D eigenvalue weighted by atomic mass is 10.2. The van der Waals surface area contributed by atoms with Crippen molar-refractivity contribution in [2.45, 2.75) is 13.8 Å². The smallest absolute Gasteiger partial charge is 0.225 e. The molecule has 0 aromatic carbocycles. The van der Waals surface area contributed by atoms with E-state index in [1.54, 1.807) is 13.0 Å². The van der Waals surface area contributed by atoms with E-state index in [4.69, 9.17) is 0 Å². The molecule has 2 heteroatoms. The molecule has 1 radical (unpaired) electrons. The maximum Gasteiger partial charge on any atom is 0.225 e. The molecule has 0 heterocycles. The largest absolute Gasteiger partial charge is 0.281 e. The number of carbonyl (C=O) groups is 1. The molecule has 0 saturated carbocycles. The molecule has 0 saturated heterocycles. The molecule has 0 aromatic heterocycles. The molecule has 8 heavy (non-hydrogen) atoms. The fraction of sp³-hybridized carbons (Fsp3) is 0.500. The molecule has 0 bridgehead atoms. The Bertz CT molecular complexity index is 107. The average molecular weight is 129 g/mol. The van der Waals surface area contributed by atoms with Gasteiger partial charge in [-0.1, -0.05) is 19.1 Å². The Morgan fingerprint density at radius 2 is 2.25 bits per heavy atom. The normalized spacial score (nSPS) is 14.2. The van der Waals surface area contributed by atoms with E-state index in [0.29, 0.717) is 0 Å². The van der Waals surface area contributed by atoms with Gasteiger partial charge in [0.2, 0.25) is 5.12 Å². The third-order valence-electron chi connectivity index (χ3n) is 0.853. The van der Waals surface area contributed by atoms with Gasteiger partial charge in [-0.2, -0.15) is 0 Å². The van der Waals surface area contributed by atoms with Gasteiger partial charge in [-0.3, -0.25) is 4.79 Å². The van der Waals surface area contributed by atoms with E-state index >= 15 is 0 Å². The molecule has 0 aliphatic rings.